The highest BCUT2D eigenvalue weighted by atomic mass is 16.3. The molecule has 0 saturated carbocycles. The Kier molecular flexibility index (Phi) is 8.34. The lowest BCUT2D eigenvalue weighted by atomic mass is 9.70. The van der Waals surface area contributed by atoms with Crippen LogP contribution in [0.1, 0.15) is 66.5 Å². The molecule has 0 aliphatic heterocycles. The Bertz CT molecular complexity index is 1050. The van der Waals surface area contributed by atoms with E-state index < -0.39 is 5.50 Å². The first-order valence-corrected chi connectivity index (χ1v) is 10.7. The maximum Gasteiger partial charge on any atom is 0.222 e. The van der Waals surface area contributed by atoms with E-state index in [0.717, 1.165) is 51.6 Å². The number of nitrogens with one attached hydrogen (secondary N) is 1. The molecule has 0 saturated heterocycles. The molecule has 1 atom stereocenters. The van der Waals surface area contributed by atoms with Gasteiger partial charge in [-0.3, -0.25) is 9.78 Å². The maximum absolute atomic E-state index is 11.3. The molecule has 0 aromatic carbocycles. The molecule has 0 spiro atoms. The summed E-state index contributed by atoms with van der Waals surface area (Å²) in [5.41, 5.74) is 3.20. The molecule has 31 heavy (non-hydrogen) atoms. The molecule has 2 radical (unpaired) electrons. The summed E-state index contributed by atoms with van der Waals surface area (Å²) in [5, 5.41) is 15.4. The first-order valence-electron chi connectivity index (χ1n) is 10.7. The summed E-state index contributed by atoms with van der Waals surface area (Å²) in [6.45, 7) is 11.5. The van der Waals surface area contributed by atoms with E-state index >= 15 is 0 Å². The summed E-state index contributed by atoms with van der Waals surface area (Å²) in [5.74, 6) is 0.336. The number of pyridine rings is 2. The zero-order chi connectivity index (χ0) is 23.2. The van der Waals surface area contributed by atoms with Crippen LogP contribution in [0.25, 0.3) is 16.3 Å². The van der Waals surface area contributed by atoms with Crippen molar-refractivity contribution in [3.05, 3.63) is 59.1 Å². The van der Waals surface area contributed by atoms with Gasteiger partial charge in [-0.25, -0.2) is 4.98 Å². The lowest BCUT2D eigenvalue weighted by molar-refractivity contribution is -0.114. The Balaban J connectivity index is 2.48. The zero-order valence-electron chi connectivity index (χ0n) is 19.4. The minimum atomic E-state index is -1.37. The highest BCUT2D eigenvalue weighted by Crippen LogP contribution is 2.31. The summed E-state index contributed by atoms with van der Waals surface area (Å²) >= 11 is 0. The van der Waals surface area contributed by atoms with E-state index in [2.05, 4.69) is 22.2 Å². The van der Waals surface area contributed by atoms with Gasteiger partial charge in [-0.15, -0.1) is 0 Å². The molecule has 0 aliphatic carbocycles. The van der Waals surface area contributed by atoms with E-state index in [1.807, 2.05) is 45.9 Å². The molecular formula is C25H32BN3O2. The number of hydrogen-bond donors (Lipinski definition) is 2. The average molecular weight is 417 g/mol. The number of fused-ring (bicyclic) bond motifs is 1. The normalized spacial score (nSPS) is 15.5. The Hall–Kier alpha value is -2.73. The molecule has 1 amide bonds. The number of nitrogens with zero attached hydrogens (tertiary/aromatic N) is 2. The van der Waals surface area contributed by atoms with E-state index in [-0.39, 0.29) is 5.91 Å². The molecule has 0 bridgehead atoms. The van der Waals surface area contributed by atoms with Gasteiger partial charge in [0, 0.05) is 35.6 Å². The number of anilines is 1. The van der Waals surface area contributed by atoms with Crippen LogP contribution in [0.2, 0.25) is 0 Å². The zero-order valence-corrected chi connectivity index (χ0v) is 19.4. The minimum Gasteiger partial charge on any atom is -0.395 e. The standard InChI is InChI=1S/C25H32BN3O2/c1-7-10-25(26,31)22(16(4)8-2)11-17(5)21(9-3)23-12-19-15-28-24(29-18(6)30)13-20(19)14-27-23/h9,11-15,31H,7-8,10H2,1-6H3,(H,28,29,30)/b17-11-,21-9+,22-16-. The van der Waals surface area contributed by atoms with Gasteiger partial charge in [-0.1, -0.05) is 38.0 Å². The van der Waals surface area contributed by atoms with Gasteiger partial charge in [-0.05, 0) is 62.5 Å². The van der Waals surface area contributed by atoms with Gasteiger partial charge in [0.25, 0.3) is 0 Å². The molecule has 162 valence electrons. The molecule has 2 aromatic heterocycles. The highest BCUT2D eigenvalue weighted by Gasteiger charge is 2.24. The van der Waals surface area contributed by atoms with Crippen molar-refractivity contribution in [1.82, 2.24) is 9.97 Å². The number of amides is 1. The maximum atomic E-state index is 11.3. The van der Waals surface area contributed by atoms with Crippen molar-refractivity contribution in [2.75, 3.05) is 5.32 Å². The first kappa shape index (κ1) is 24.5. The number of allylic oxidation sites excluding steroid dienone is 4. The number of rotatable bonds is 8. The number of hydrogen-bond acceptors (Lipinski definition) is 4. The van der Waals surface area contributed by atoms with Crippen LogP contribution < -0.4 is 5.32 Å². The monoisotopic (exact) mass is 417 g/mol. The average Bonchev–Trinajstić information content (AvgIpc) is 2.71. The molecular weight excluding hydrogens is 385 g/mol. The Morgan fingerprint density at radius 2 is 1.81 bits per heavy atom. The second kappa shape index (κ2) is 10.5. The Labute approximate surface area is 186 Å². The van der Waals surface area contributed by atoms with Crippen molar-refractivity contribution in [2.24, 2.45) is 0 Å². The molecule has 2 aromatic rings. The molecule has 2 heterocycles. The van der Waals surface area contributed by atoms with Gasteiger partial charge in [0.1, 0.15) is 13.7 Å². The SMILES string of the molecule is [B]C(O)(CCC)C(/C=C(C)\C(=C/C)c1cc2cnc(NC(C)=O)cc2cn1)=C(/C)CC. The van der Waals surface area contributed by atoms with Crippen molar-refractivity contribution in [2.45, 2.75) is 66.3 Å². The third-order valence-corrected chi connectivity index (χ3v) is 5.35. The third-order valence-electron chi connectivity index (χ3n) is 5.35. The van der Waals surface area contributed by atoms with E-state index in [1.54, 1.807) is 18.5 Å². The fraction of sp³-hybridized carbons (Fsp3) is 0.400. The van der Waals surface area contributed by atoms with E-state index in [9.17, 15) is 9.90 Å². The van der Waals surface area contributed by atoms with Crippen molar-refractivity contribution in [3.8, 4) is 0 Å². The summed E-state index contributed by atoms with van der Waals surface area (Å²) < 4.78 is 0. The van der Waals surface area contributed by atoms with E-state index in [4.69, 9.17) is 7.85 Å². The fourth-order valence-corrected chi connectivity index (χ4v) is 3.63. The predicted octanol–water partition coefficient (Wildman–Crippen LogP) is 5.32. The molecule has 2 N–H and O–H groups in total. The minimum absolute atomic E-state index is 0.164. The smallest absolute Gasteiger partial charge is 0.222 e. The lowest BCUT2D eigenvalue weighted by Gasteiger charge is -2.28. The van der Waals surface area contributed by atoms with Gasteiger partial charge in [0.05, 0.1) is 5.69 Å². The largest absolute Gasteiger partial charge is 0.395 e. The van der Waals surface area contributed by atoms with Crippen molar-refractivity contribution < 1.29 is 9.90 Å². The summed E-state index contributed by atoms with van der Waals surface area (Å²) in [6, 6.07) is 3.78. The van der Waals surface area contributed by atoms with Crippen LogP contribution in [0.4, 0.5) is 5.82 Å². The van der Waals surface area contributed by atoms with Crippen LogP contribution in [-0.4, -0.2) is 34.3 Å². The van der Waals surface area contributed by atoms with Crippen LogP contribution in [0.3, 0.4) is 0 Å². The number of carbonyl (C=O) groups is 1. The molecule has 1 unspecified atom stereocenters. The molecule has 0 fully saturated rings. The van der Waals surface area contributed by atoms with E-state index in [0.29, 0.717) is 12.2 Å². The van der Waals surface area contributed by atoms with Crippen LogP contribution in [0, 0.1) is 0 Å². The van der Waals surface area contributed by atoms with Crippen molar-refractivity contribution in [1.29, 1.82) is 0 Å². The van der Waals surface area contributed by atoms with Gasteiger partial charge >= 0.3 is 0 Å². The third kappa shape index (κ3) is 6.14. The predicted molar refractivity (Wildman–Crippen MR) is 130 cm³/mol. The second-order valence-electron chi connectivity index (χ2n) is 7.92. The molecule has 6 heteroatoms. The Morgan fingerprint density at radius 3 is 2.39 bits per heavy atom. The van der Waals surface area contributed by atoms with Gasteiger partial charge in [0.2, 0.25) is 5.91 Å². The van der Waals surface area contributed by atoms with Crippen LogP contribution >= 0.6 is 0 Å². The first-order chi connectivity index (χ1) is 14.6. The Morgan fingerprint density at radius 1 is 1.16 bits per heavy atom. The fourth-order valence-electron chi connectivity index (χ4n) is 3.63. The van der Waals surface area contributed by atoms with Gasteiger partial charge in [0.15, 0.2) is 0 Å². The van der Waals surface area contributed by atoms with Crippen LogP contribution in [-0.2, 0) is 4.79 Å². The number of aliphatic hydroxyl groups is 1. The summed E-state index contributed by atoms with van der Waals surface area (Å²) in [6.07, 6.45) is 9.58. The number of aromatic nitrogens is 2. The molecule has 0 aliphatic rings. The highest BCUT2D eigenvalue weighted by molar-refractivity contribution is 6.17. The summed E-state index contributed by atoms with van der Waals surface area (Å²) in [7, 11) is 6.28. The molecule has 2 rings (SSSR count). The number of carbonyl (C=O) groups excluding carboxylic acids is 1. The molecule has 5 nitrogen and oxygen atoms in total. The topological polar surface area (TPSA) is 75.1 Å². The van der Waals surface area contributed by atoms with Crippen LogP contribution in [0.5, 0.6) is 0 Å². The van der Waals surface area contributed by atoms with Crippen molar-refractivity contribution in [3.63, 3.8) is 0 Å². The van der Waals surface area contributed by atoms with E-state index in [1.165, 1.54) is 6.92 Å². The van der Waals surface area contributed by atoms with Crippen LogP contribution in [0.15, 0.2) is 53.4 Å². The quantitative estimate of drug-likeness (QED) is 0.450. The van der Waals surface area contributed by atoms with Gasteiger partial charge in [-0.2, -0.15) is 0 Å². The summed E-state index contributed by atoms with van der Waals surface area (Å²) in [4.78, 5) is 20.2. The second-order valence-corrected chi connectivity index (χ2v) is 7.92. The van der Waals surface area contributed by atoms with Crippen molar-refractivity contribution >= 4 is 35.9 Å². The lowest BCUT2D eigenvalue weighted by Crippen LogP contribution is -2.31. The van der Waals surface area contributed by atoms with Gasteiger partial charge < -0.3 is 10.4 Å².